The predicted molar refractivity (Wildman–Crippen MR) is 57.6 cm³/mol. The normalized spacial score (nSPS) is 35.2. The summed E-state index contributed by atoms with van der Waals surface area (Å²) in [4.78, 5) is 4.40. The van der Waals surface area contributed by atoms with E-state index in [2.05, 4.69) is 15.0 Å². The van der Waals surface area contributed by atoms with Gasteiger partial charge in [-0.2, -0.15) is 0 Å². The number of imidazole rings is 1. The molecule has 2 aliphatic carbocycles. The number of hydrogen-bond donors (Lipinski definition) is 2. The molecular formula is C11H18N4. The number of nitrogens with two attached hydrogens (primary N) is 1. The summed E-state index contributed by atoms with van der Waals surface area (Å²) in [6, 6.07) is 0.250. The van der Waals surface area contributed by atoms with Gasteiger partial charge in [0.1, 0.15) is 5.82 Å². The van der Waals surface area contributed by atoms with E-state index in [9.17, 15) is 0 Å². The van der Waals surface area contributed by atoms with E-state index < -0.39 is 0 Å². The van der Waals surface area contributed by atoms with Gasteiger partial charge in [0.15, 0.2) is 0 Å². The molecule has 1 heterocycles. The van der Waals surface area contributed by atoms with Crippen molar-refractivity contribution in [1.29, 1.82) is 0 Å². The number of fused-ring (bicyclic) bond motifs is 1. The van der Waals surface area contributed by atoms with Gasteiger partial charge in [0.05, 0.1) is 6.04 Å². The van der Waals surface area contributed by atoms with Gasteiger partial charge in [-0.25, -0.2) is 10.4 Å². The first-order valence-electron chi connectivity index (χ1n) is 5.76. The van der Waals surface area contributed by atoms with Crippen LogP contribution < -0.4 is 11.3 Å². The molecular weight excluding hydrogens is 188 g/mol. The van der Waals surface area contributed by atoms with Crippen LogP contribution >= 0.6 is 0 Å². The summed E-state index contributed by atoms with van der Waals surface area (Å²) in [5.74, 6) is 9.29. The van der Waals surface area contributed by atoms with Crippen LogP contribution in [-0.2, 0) is 7.05 Å². The monoisotopic (exact) mass is 206 g/mol. The molecule has 3 rings (SSSR count). The fourth-order valence-corrected chi connectivity index (χ4v) is 3.41. The average molecular weight is 206 g/mol. The third-order valence-corrected chi connectivity index (χ3v) is 4.17. The van der Waals surface area contributed by atoms with Crippen LogP contribution in [0.4, 0.5) is 0 Å². The van der Waals surface area contributed by atoms with Gasteiger partial charge in [0, 0.05) is 19.4 Å². The molecule has 4 nitrogen and oxygen atoms in total. The van der Waals surface area contributed by atoms with E-state index in [1.54, 1.807) is 0 Å². The molecule has 3 N–H and O–H groups in total. The second-order valence-electron chi connectivity index (χ2n) is 4.88. The van der Waals surface area contributed by atoms with Crippen molar-refractivity contribution in [3.05, 3.63) is 18.2 Å². The zero-order valence-corrected chi connectivity index (χ0v) is 9.06. The minimum Gasteiger partial charge on any atom is -0.337 e. The molecule has 3 unspecified atom stereocenters. The lowest BCUT2D eigenvalue weighted by Crippen LogP contribution is -2.32. The van der Waals surface area contributed by atoms with Gasteiger partial charge in [-0.05, 0) is 30.6 Å². The largest absolute Gasteiger partial charge is 0.337 e. The maximum absolute atomic E-state index is 5.67. The Morgan fingerprint density at radius 2 is 2.27 bits per heavy atom. The van der Waals surface area contributed by atoms with E-state index in [1.165, 1.54) is 19.3 Å². The van der Waals surface area contributed by atoms with Crippen molar-refractivity contribution in [2.45, 2.75) is 25.3 Å². The highest BCUT2D eigenvalue weighted by Crippen LogP contribution is 2.61. The number of hydrogen-bond acceptors (Lipinski definition) is 3. The average Bonchev–Trinajstić information content (AvgIpc) is 2.66. The van der Waals surface area contributed by atoms with Gasteiger partial charge in [0.2, 0.25) is 0 Å². The van der Waals surface area contributed by atoms with Crippen LogP contribution in [0.5, 0.6) is 0 Å². The van der Waals surface area contributed by atoms with Crippen molar-refractivity contribution < 1.29 is 0 Å². The first kappa shape index (κ1) is 9.36. The van der Waals surface area contributed by atoms with Crippen molar-refractivity contribution in [3.63, 3.8) is 0 Å². The minimum absolute atomic E-state index is 0.250. The zero-order chi connectivity index (χ0) is 10.4. The van der Waals surface area contributed by atoms with Crippen molar-refractivity contribution in [3.8, 4) is 0 Å². The Morgan fingerprint density at radius 1 is 1.53 bits per heavy atom. The molecule has 4 heteroatoms. The molecule has 0 bridgehead atoms. The molecule has 1 aromatic heterocycles. The van der Waals surface area contributed by atoms with Crippen LogP contribution in [0.2, 0.25) is 0 Å². The fraction of sp³-hybridized carbons (Fsp3) is 0.727. The third kappa shape index (κ3) is 1.32. The fourth-order valence-electron chi connectivity index (χ4n) is 3.41. The Kier molecular flexibility index (Phi) is 2.07. The van der Waals surface area contributed by atoms with E-state index >= 15 is 0 Å². The highest BCUT2D eigenvalue weighted by molar-refractivity contribution is 5.12. The minimum atomic E-state index is 0.250. The summed E-state index contributed by atoms with van der Waals surface area (Å²) in [6.45, 7) is 0. The molecule has 1 aromatic rings. The summed E-state index contributed by atoms with van der Waals surface area (Å²) in [5.41, 5.74) is 2.95. The Labute approximate surface area is 89.8 Å². The lowest BCUT2D eigenvalue weighted by molar-refractivity contribution is 0.400. The lowest BCUT2D eigenvalue weighted by atomic mass is 10.0. The van der Waals surface area contributed by atoms with E-state index in [0.717, 1.165) is 23.6 Å². The Hall–Kier alpha value is -0.870. The molecule has 0 saturated heterocycles. The molecule has 0 aliphatic heterocycles. The van der Waals surface area contributed by atoms with Crippen LogP contribution in [0.3, 0.4) is 0 Å². The van der Waals surface area contributed by atoms with Crippen LogP contribution in [-0.4, -0.2) is 9.55 Å². The third-order valence-electron chi connectivity index (χ3n) is 4.17. The first-order chi connectivity index (χ1) is 7.33. The second-order valence-corrected chi connectivity index (χ2v) is 4.88. The number of aryl methyl sites for hydroxylation is 1. The van der Waals surface area contributed by atoms with Crippen molar-refractivity contribution in [2.24, 2.45) is 30.6 Å². The maximum atomic E-state index is 5.67. The Morgan fingerprint density at radius 3 is 2.80 bits per heavy atom. The van der Waals surface area contributed by atoms with Crippen molar-refractivity contribution >= 4 is 0 Å². The second kappa shape index (κ2) is 3.32. The standard InChI is InChI=1S/C11H18N4/c1-15-6-5-13-11(15)10(14-12)9-7-3-2-4-8(7)9/h5-10,14H,2-4,12H2,1H3. The molecule has 3 atom stereocenters. The molecule has 2 saturated carbocycles. The molecule has 2 aliphatic rings. The summed E-state index contributed by atoms with van der Waals surface area (Å²) in [5, 5.41) is 0. The highest BCUT2D eigenvalue weighted by atomic mass is 15.3. The topological polar surface area (TPSA) is 55.9 Å². The van der Waals surface area contributed by atoms with Gasteiger partial charge in [-0.15, -0.1) is 0 Å². The molecule has 0 radical (unpaired) electrons. The van der Waals surface area contributed by atoms with Gasteiger partial charge in [-0.3, -0.25) is 5.84 Å². The summed E-state index contributed by atoms with van der Waals surface area (Å²) < 4.78 is 2.07. The number of hydrazine groups is 1. The van der Waals surface area contributed by atoms with E-state index in [0.29, 0.717) is 0 Å². The highest BCUT2D eigenvalue weighted by Gasteiger charge is 2.56. The predicted octanol–water partition coefficient (Wildman–Crippen LogP) is 0.971. The van der Waals surface area contributed by atoms with E-state index in [4.69, 9.17) is 5.84 Å². The van der Waals surface area contributed by atoms with Gasteiger partial charge in [-0.1, -0.05) is 6.42 Å². The van der Waals surface area contributed by atoms with Crippen LogP contribution in [0.1, 0.15) is 31.1 Å². The van der Waals surface area contributed by atoms with Gasteiger partial charge < -0.3 is 4.57 Å². The number of rotatable bonds is 3. The number of aromatic nitrogens is 2. The Balaban J connectivity index is 1.81. The molecule has 0 amide bonds. The van der Waals surface area contributed by atoms with E-state index in [-0.39, 0.29) is 6.04 Å². The van der Waals surface area contributed by atoms with Gasteiger partial charge in [0.25, 0.3) is 0 Å². The maximum Gasteiger partial charge on any atom is 0.127 e. The first-order valence-corrected chi connectivity index (χ1v) is 5.76. The van der Waals surface area contributed by atoms with Crippen LogP contribution in [0, 0.1) is 17.8 Å². The molecule has 2 fully saturated rings. The molecule has 82 valence electrons. The number of nitrogens with zero attached hydrogens (tertiary/aromatic N) is 2. The number of nitrogens with one attached hydrogen (secondary N) is 1. The van der Waals surface area contributed by atoms with Crippen molar-refractivity contribution in [1.82, 2.24) is 15.0 Å². The van der Waals surface area contributed by atoms with Gasteiger partial charge >= 0.3 is 0 Å². The summed E-state index contributed by atoms with van der Waals surface area (Å²) >= 11 is 0. The molecule has 15 heavy (non-hydrogen) atoms. The van der Waals surface area contributed by atoms with Crippen molar-refractivity contribution in [2.75, 3.05) is 0 Å². The van der Waals surface area contributed by atoms with E-state index in [1.807, 2.05) is 19.4 Å². The smallest absolute Gasteiger partial charge is 0.127 e. The van der Waals surface area contributed by atoms with Crippen LogP contribution in [0.25, 0.3) is 0 Å². The summed E-state index contributed by atoms with van der Waals surface area (Å²) in [7, 11) is 2.03. The molecule has 0 spiro atoms. The zero-order valence-electron chi connectivity index (χ0n) is 9.06. The summed E-state index contributed by atoms with van der Waals surface area (Å²) in [6.07, 6.45) is 8.01. The SMILES string of the molecule is Cn1ccnc1C(NN)C1C2CCCC21. The Bertz CT molecular complexity index is 349. The van der Waals surface area contributed by atoms with Crippen LogP contribution in [0.15, 0.2) is 12.4 Å². The lowest BCUT2D eigenvalue weighted by Gasteiger charge is -2.17. The quantitative estimate of drug-likeness (QED) is 0.572. The molecule has 0 aromatic carbocycles.